The van der Waals surface area contributed by atoms with E-state index < -0.39 is 0 Å². The minimum absolute atomic E-state index is 0.0978. The quantitative estimate of drug-likeness (QED) is 0.800. The topological polar surface area (TPSA) is 30.0 Å². The van der Waals surface area contributed by atoms with Gasteiger partial charge in [0.15, 0.2) is 0 Å². The molecular weight excluding hydrogens is 234 g/mol. The van der Waals surface area contributed by atoms with Crippen LogP contribution < -0.4 is 0 Å². The third-order valence-electron chi connectivity index (χ3n) is 4.81. The molecule has 1 saturated carbocycles. The number of aryl methyl sites for hydroxylation is 1. The average Bonchev–Trinajstić information content (AvgIpc) is 2.81. The van der Waals surface area contributed by atoms with Crippen molar-refractivity contribution in [2.45, 2.75) is 63.7 Å². The van der Waals surface area contributed by atoms with Gasteiger partial charge < -0.3 is 0 Å². The van der Waals surface area contributed by atoms with Crippen molar-refractivity contribution in [3.63, 3.8) is 0 Å². The molecule has 0 bridgehead atoms. The molecular formula is C17H23NO. The summed E-state index contributed by atoms with van der Waals surface area (Å²) in [5, 5.41) is 0. The number of carbonyl (C=O) groups excluding carboxylic acids is 1. The predicted octanol–water partition coefficient (Wildman–Crippen LogP) is 4.04. The number of carbonyl (C=O) groups is 1. The summed E-state index contributed by atoms with van der Waals surface area (Å²) >= 11 is 0. The normalized spacial score (nSPS) is 24.5. The van der Waals surface area contributed by atoms with E-state index in [0.29, 0.717) is 11.7 Å². The summed E-state index contributed by atoms with van der Waals surface area (Å²) < 4.78 is 0. The Balaban J connectivity index is 1.73. The standard InChI is InChI=1S/C17H23NO/c19-17(14-7-4-2-1-3-5-8-14)15-11-10-13-9-6-12-18-16(13)15/h6,9,12,14-15H,1-5,7-8,10-11H2. The molecule has 2 heteroatoms. The van der Waals surface area contributed by atoms with Crippen molar-refractivity contribution in [1.82, 2.24) is 4.98 Å². The summed E-state index contributed by atoms with van der Waals surface area (Å²) in [5.74, 6) is 0.887. The lowest BCUT2D eigenvalue weighted by molar-refractivity contribution is -0.125. The van der Waals surface area contributed by atoms with Crippen molar-refractivity contribution in [1.29, 1.82) is 0 Å². The second kappa shape index (κ2) is 5.85. The molecule has 1 unspecified atom stereocenters. The van der Waals surface area contributed by atoms with Gasteiger partial charge in [0.1, 0.15) is 5.78 Å². The minimum atomic E-state index is 0.0978. The average molecular weight is 257 g/mol. The Morgan fingerprint density at radius 2 is 1.79 bits per heavy atom. The maximum absolute atomic E-state index is 12.8. The van der Waals surface area contributed by atoms with Gasteiger partial charge in [0.25, 0.3) is 0 Å². The summed E-state index contributed by atoms with van der Waals surface area (Å²) in [6, 6.07) is 4.12. The zero-order chi connectivity index (χ0) is 13.1. The van der Waals surface area contributed by atoms with Gasteiger partial charge in [0, 0.05) is 12.1 Å². The lowest BCUT2D eigenvalue weighted by Crippen LogP contribution is -2.22. The molecule has 1 atom stereocenters. The van der Waals surface area contributed by atoms with Crippen molar-refractivity contribution in [3.05, 3.63) is 29.6 Å². The largest absolute Gasteiger partial charge is 0.299 e. The first kappa shape index (κ1) is 12.8. The van der Waals surface area contributed by atoms with Crippen LogP contribution in [0.25, 0.3) is 0 Å². The first-order valence-electron chi connectivity index (χ1n) is 7.84. The molecule has 0 amide bonds. The van der Waals surface area contributed by atoms with Gasteiger partial charge in [-0.1, -0.05) is 38.2 Å². The van der Waals surface area contributed by atoms with E-state index in [9.17, 15) is 4.79 Å². The van der Waals surface area contributed by atoms with Gasteiger partial charge in [0.05, 0.1) is 11.6 Å². The molecule has 0 aromatic carbocycles. The van der Waals surface area contributed by atoms with Gasteiger partial charge in [-0.05, 0) is 37.3 Å². The van der Waals surface area contributed by atoms with Crippen LogP contribution >= 0.6 is 0 Å². The van der Waals surface area contributed by atoms with Gasteiger partial charge in [-0.2, -0.15) is 0 Å². The van der Waals surface area contributed by atoms with Crippen LogP contribution in [0.1, 0.15) is 68.5 Å². The molecule has 0 spiro atoms. The zero-order valence-electron chi connectivity index (χ0n) is 11.6. The number of Topliss-reactive ketones (excluding diaryl/α,β-unsaturated/α-hetero) is 1. The first-order valence-corrected chi connectivity index (χ1v) is 7.84. The summed E-state index contributed by atoms with van der Waals surface area (Å²) in [4.78, 5) is 17.3. The van der Waals surface area contributed by atoms with E-state index >= 15 is 0 Å². The van der Waals surface area contributed by atoms with Gasteiger partial charge in [-0.25, -0.2) is 0 Å². The smallest absolute Gasteiger partial charge is 0.145 e. The van der Waals surface area contributed by atoms with Gasteiger partial charge in [0.2, 0.25) is 0 Å². The lowest BCUT2D eigenvalue weighted by Gasteiger charge is -2.21. The highest BCUT2D eigenvalue weighted by Gasteiger charge is 2.33. The fourth-order valence-electron chi connectivity index (χ4n) is 3.71. The molecule has 0 saturated heterocycles. The number of rotatable bonds is 2. The molecule has 1 aromatic rings. The molecule has 0 radical (unpaired) electrons. The van der Waals surface area contributed by atoms with E-state index in [-0.39, 0.29) is 5.92 Å². The lowest BCUT2D eigenvalue weighted by atomic mass is 9.82. The monoisotopic (exact) mass is 257 g/mol. The van der Waals surface area contributed by atoms with E-state index in [0.717, 1.165) is 31.4 Å². The van der Waals surface area contributed by atoms with Crippen LogP contribution in [0.2, 0.25) is 0 Å². The Kier molecular flexibility index (Phi) is 3.95. The maximum atomic E-state index is 12.8. The summed E-state index contributed by atoms with van der Waals surface area (Å²) in [6.45, 7) is 0. The predicted molar refractivity (Wildman–Crippen MR) is 76.1 cm³/mol. The number of hydrogen-bond acceptors (Lipinski definition) is 2. The Bertz CT molecular complexity index is 446. The van der Waals surface area contributed by atoms with Crippen LogP contribution in [-0.2, 0) is 11.2 Å². The van der Waals surface area contributed by atoms with Gasteiger partial charge in [-0.3, -0.25) is 9.78 Å². The molecule has 0 aliphatic heterocycles. The molecule has 19 heavy (non-hydrogen) atoms. The van der Waals surface area contributed by atoms with Gasteiger partial charge >= 0.3 is 0 Å². The van der Waals surface area contributed by atoms with E-state index in [2.05, 4.69) is 11.1 Å². The van der Waals surface area contributed by atoms with Crippen molar-refractivity contribution >= 4 is 5.78 Å². The fraction of sp³-hybridized carbons (Fsp3) is 0.647. The van der Waals surface area contributed by atoms with Crippen LogP contribution in [0, 0.1) is 5.92 Å². The van der Waals surface area contributed by atoms with Crippen LogP contribution in [0.4, 0.5) is 0 Å². The second-order valence-corrected chi connectivity index (χ2v) is 6.08. The van der Waals surface area contributed by atoms with Crippen LogP contribution in [0.3, 0.4) is 0 Å². The third-order valence-corrected chi connectivity index (χ3v) is 4.81. The summed E-state index contributed by atoms with van der Waals surface area (Å²) in [7, 11) is 0. The highest BCUT2D eigenvalue weighted by atomic mass is 16.1. The van der Waals surface area contributed by atoms with Crippen molar-refractivity contribution in [3.8, 4) is 0 Å². The molecule has 102 valence electrons. The number of nitrogens with zero attached hydrogens (tertiary/aromatic N) is 1. The van der Waals surface area contributed by atoms with Gasteiger partial charge in [-0.15, -0.1) is 0 Å². The molecule has 1 aromatic heterocycles. The number of aromatic nitrogens is 1. The van der Waals surface area contributed by atoms with Crippen LogP contribution in [0.5, 0.6) is 0 Å². The Hall–Kier alpha value is -1.18. The molecule has 2 aliphatic rings. The molecule has 0 N–H and O–H groups in total. The van der Waals surface area contributed by atoms with E-state index in [1.165, 1.54) is 37.7 Å². The molecule has 2 nitrogen and oxygen atoms in total. The van der Waals surface area contributed by atoms with Crippen LogP contribution in [0.15, 0.2) is 18.3 Å². The van der Waals surface area contributed by atoms with Crippen molar-refractivity contribution in [2.24, 2.45) is 5.92 Å². The minimum Gasteiger partial charge on any atom is -0.299 e. The highest BCUT2D eigenvalue weighted by molar-refractivity contribution is 5.88. The van der Waals surface area contributed by atoms with E-state index in [1.54, 1.807) is 0 Å². The van der Waals surface area contributed by atoms with Crippen LogP contribution in [-0.4, -0.2) is 10.8 Å². The maximum Gasteiger partial charge on any atom is 0.145 e. The second-order valence-electron chi connectivity index (χ2n) is 6.08. The molecule has 2 aliphatic carbocycles. The number of fused-ring (bicyclic) bond motifs is 1. The van der Waals surface area contributed by atoms with E-state index in [1.807, 2.05) is 12.3 Å². The number of ketones is 1. The SMILES string of the molecule is O=C(C1CCCCCCC1)C1CCc2cccnc21. The highest BCUT2D eigenvalue weighted by Crippen LogP contribution is 2.36. The third kappa shape index (κ3) is 2.72. The van der Waals surface area contributed by atoms with Crippen molar-refractivity contribution in [2.75, 3.05) is 0 Å². The molecule has 1 heterocycles. The number of hydrogen-bond donors (Lipinski definition) is 0. The molecule has 3 rings (SSSR count). The van der Waals surface area contributed by atoms with E-state index in [4.69, 9.17) is 0 Å². The Morgan fingerprint density at radius 3 is 2.58 bits per heavy atom. The fourth-order valence-corrected chi connectivity index (χ4v) is 3.71. The molecule has 1 fully saturated rings. The zero-order valence-corrected chi connectivity index (χ0v) is 11.6. The first-order chi connectivity index (χ1) is 9.36. The van der Waals surface area contributed by atoms with Crippen molar-refractivity contribution < 1.29 is 4.79 Å². The Labute approximate surface area is 115 Å². The summed E-state index contributed by atoms with van der Waals surface area (Å²) in [5.41, 5.74) is 2.38. The summed E-state index contributed by atoms with van der Waals surface area (Å²) in [6.07, 6.45) is 12.5. The number of pyridine rings is 1. The Morgan fingerprint density at radius 1 is 1.05 bits per heavy atom.